The van der Waals surface area contributed by atoms with E-state index in [9.17, 15) is 8.42 Å². The first-order chi connectivity index (χ1) is 9.87. The lowest BCUT2D eigenvalue weighted by Crippen LogP contribution is -2.29. The molecule has 1 aromatic carbocycles. The van der Waals surface area contributed by atoms with Crippen LogP contribution in [-0.4, -0.2) is 19.8 Å². The van der Waals surface area contributed by atoms with E-state index in [0.29, 0.717) is 5.56 Å². The molecule has 0 aliphatic heterocycles. The SMILES string of the molecule is CC(c1cccs1)N(C)S(=O)(=O)c1ccc(C#N)cc1Cl. The van der Waals surface area contributed by atoms with E-state index in [1.54, 1.807) is 0 Å². The molecule has 0 saturated heterocycles. The van der Waals surface area contributed by atoms with Crippen LogP contribution in [0.25, 0.3) is 0 Å². The molecule has 1 heterocycles. The molecule has 1 aromatic heterocycles. The normalized spacial score (nSPS) is 13.1. The molecule has 110 valence electrons. The minimum Gasteiger partial charge on any atom is -0.207 e. The molecule has 1 unspecified atom stereocenters. The number of rotatable bonds is 4. The lowest BCUT2D eigenvalue weighted by molar-refractivity contribution is 0.403. The van der Waals surface area contributed by atoms with E-state index in [4.69, 9.17) is 16.9 Å². The fourth-order valence-corrected chi connectivity index (χ4v) is 4.60. The summed E-state index contributed by atoms with van der Waals surface area (Å²) in [5.41, 5.74) is 0.327. The number of halogens is 1. The van der Waals surface area contributed by atoms with Crippen molar-refractivity contribution in [2.45, 2.75) is 17.9 Å². The van der Waals surface area contributed by atoms with Crippen molar-refractivity contribution in [1.29, 1.82) is 5.26 Å². The Morgan fingerprint density at radius 2 is 2.10 bits per heavy atom. The Morgan fingerprint density at radius 1 is 1.38 bits per heavy atom. The number of sulfonamides is 1. The summed E-state index contributed by atoms with van der Waals surface area (Å²) in [7, 11) is -2.20. The summed E-state index contributed by atoms with van der Waals surface area (Å²) < 4.78 is 26.6. The Balaban J connectivity index is 2.40. The highest BCUT2D eigenvalue weighted by molar-refractivity contribution is 7.89. The van der Waals surface area contributed by atoms with Crippen LogP contribution in [-0.2, 0) is 10.0 Å². The van der Waals surface area contributed by atoms with Gasteiger partial charge in [0.1, 0.15) is 4.90 Å². The molecule has 1 atom stereocenters. The third-order valence-electron chi connectivity index (χ3n) is 3.22. The van der Waals surface area contributed by atoms with E-state index in [-0.39, 0.29) is 16.0 Å². The quantitative estimate of drug-likeness (QED) is 0.853. The number of nitrogens with zero attached hydrogens (tertiary/aromatic N) is 2. The number of hydrogen-bond acceptors (Lipinski definition) is 4. The molecule has 21 heavy (non-hydrogen) atoms. The van der Waals surface area contributed by atoms with Crippen LogP contribution in [0.1, 0.15) is 23.4 Å². The van der Waals surface area contributed by atoms with Gasteiger partial charge in [-0.3, -0.25) is 0 Å². The summed E-state index contributed by atoms with van der Waals surface area (Å²) in [5.74, 6) is 0. The first-order valence-corrected chi connectivity index (χ1v) is 8.78. The van der Waals surface area contributed by atoms with Crippen molar-refractivity contribution >= 4 is 33.0 Å². The minimum absolute atomic E-state index is 0.00840. The third kappa shape index (κ3) is 3.11. The number of thiophene rings is 1. The molecule has 0 aliphatic rings. The molecule has 2 aromatic rings. The summed E-state index contributed by atoms with van der Waals surface area (Å²) in [6.45, 7) is 1.82. The van der Waals surface area contributed by atoms with Crippen LogP contribution in [0.3, 0.4) is 0 Å². The minimum atomic E-state index is -3.72. The smallest absolute Gasteiger partial charge is 0.207 e. The number of hydrogen-bond donors (Lipinski definition) is 0. The van der Waals surface area contributed by atoms with Gasteiger partial charge in [0.05, 0.1) is 22.7 Å². The van der Waals surface area contributed by atoms with E-state index in [0.717, 1.165) is 4.88 Å². The molecular formula is C14H13ClN2O2S2. The average molecular weight is 341 g/mol. The summed E-state index contributed by atoms with van der Waals surface area (Å²) in [4.78, 5) is 0.958. The van der Waals surface area contributed by atoms with Gasteiger partial charge < -0.3 is 0 Å². The van der Waals surface area contributed by atoms with Crippen molar-refractivity contribution in [1.82, 2.24) is 4.31 Å². The van der Waals surface area contributed by atoms with Crippen molar-refractivity contribution < 1.29 is 8.42 Å². The molecule has 0 saturated carbocycles. The van der Waals surface area contributed by atoms with Gasteiger partial charge in [-0.1, -0.05) is 17.7 Å². The zero-order valence-electron chi connectivity index (χ0n) is 11.4. The van der Waals surface area contributed by atoms with Crippen molar-refractivity contribution in [3.63, 3.8) is 0 Å². The van der Waals surface area contributed by atoms with Gasteiger partial charge in [-0.05, 0) is 36.6 Å². The predicted molar refractivity (Wildman–Crippen MR) is 83.8 cm³/mol. The summed E-state index contributed by atoms with van der Waals surface area (Å²) in [5, 5.41) is 10.8. The number of nitriles is 1. The summed E-state index contributed by atoms with van der Waals surface area (Å²) in [6, 6.07) is 9.59. The van der Waals surface area contributed by atoms with E-state index in [2.05, 4.69) is 0 Å². The van der Waals surface area contributed by atoms with Crippen LogP contribution < -0.4 is 0 Å². The molecule has 0 spiro atoms. The second kappa shape index (κ2) is 6.16. The molecule has 0 bridgehead atoms. The lowest BCUT2D eigenvalue weighted by atomic mass is 10.2. The molecule has 2 rings (SSSR count). The first-order valence-electron chi connectivity index (χ1n) is 6.09. The number of benzene rings is 1. The standard InChI is InChI=1S/C14H13ClN2O2S2/c1-10(13-4-3-7-20-13)17(2)21(18,19)14-6-5-11(9-16)8-12(14)15/h3-8,10H,1-2H3. The molecule has 0 radical (unpaired) electrons. The molecule has 4 nitrogen and oxygen atoms in total. The van der Waals surface area contributed by atoms with Gasteiger partial charge in [-0.2, -0.15) is 9.57 Å². The highest BCUT2D eigenvalue weighted by Crippen LogP contribution is 2.31. The maximum atomic E-state index is 12.7. The maximum Gasteiger partial charge on any atom is 0.244 e. The van der Waals surface area contributed by atoms with Crippen molar-refractivity contribution in [2.75, 3.05) is 7.05 Å². The average Bonchev–Trinajstić information content (AvgIpc) is 2.99. The fourth-order valence-electron chi connectivity index (χ4n) is 1.85. The van der Waals surface area contributed by atoms with Gasteiger partial charge in [0, 0.05) is 11.9 Å². The second-order valence-electron chi connectivity index (χ2n) is 4.47. The molecule has 0 N–H and O–H groups in total. The third-order valence-corrected chi connectivity index (χ3v) is 6.67. The monoisotopic (exact) mass is 340 g/mol. The molecule has 0 fully saturated rings. The Kier molecular flexibility index (Phi) is 4.69. The summed E-state index contributed by atoms with van der Waals surface area (Å²) in [6.07, 6.45) is 0. The van der Waals surface area contributed by atoms with Crippen molar-refractivity contribution in [2.24, 2.45) is 0 Å². The highest BCUT2D eigenvalue weighted by atomic mass is 35.5. The van der Waals surface area contributed by atoms with E-state index in [1.165, 1.54) is 40.9 Å². The van der Waals surface area contributed by atoms with Crippen LogP contribution in [0.5, 0.6) is 0 Å². The van der Waals surface area contributed by atoms with Gasteiger partial charge in [-0.25, -0.2) is 8.42 Å². The molecule has 7 heteroatoms. The Hall–Kier alpha value is -1.39. The first kappa shape index (κ1) is 16.0. The summed E-state index contributed by atoms with van der Waals surface area (Å²) >= 11 is 7.51. The van der Waals surface area contributed by atoms with Gasteiger partial charge in [-0.15, -0.1) is 11.3 Å². The predicted octanol–water partition coefficient (Wildman–Crippen LogP) is 3.65. The van der Waals surface area contributed by atoms with E-state index < -0.39 is 10.0 Å². The zero-order valence-corrected chi connectivity index (χ0v) is 13.8. The van der Waals surface area contributed by atoms with Gasteiger partial charge >= 0.3 is 0 Å². The Morgan fingerprint density at radius 3 is 2.62 bits per heavy atom. The fraction of sp³-hybridized carbons (Fsp3) is 0.214. The van der Waals surface area contributed by atoms with E-state index >= 15 is 0 Å². The molecule has 0 aliphatic carbocycles. The van der Waals surface area contributed by atoms with Crippen LogP contribution in [0, 0.1) is 11.3 Å². The molecule has 0 amide bonds. The Bertz CT molecular complexity index is 780. The van der Waals surface area contributed by atoms with Gasteiger partial charge in [0.25, 0.3) is 0 Å². The second-order valence-corrected chi connectivity index (χ2v) is 7.82. The van der Waals surface area contributed by atoms with Crippen LogP contribution in [0.2, 0.25) is 5.02 Å². The van der Waals surface area contributed by atoms with Crippen LogP contribution in [0.4, 0.5) is 0 Å². The zero-order chi connectivity index (χ0) is 15.6. The molecular weight excluding hydrogens is 328 g/mol. The van der Waals surface area contributed by atoms with Gasteiger partial charge in [0.2, 0.25) is 10.0 Å². The highest BCUT2D eigenvalue weighted by Gasteiger charge is 2.28. The largest absolute Gasteiger partial charge is 0.244 e. The van der Waals surface area contributed by atoms with Gasteiger partial charge in [0.15, 0.2) is 0 Å². The van der Waals surface area contributed by atoms with Crippen molar-refractivity contribution in [3.05, 3.63) is 51.2 Å². The van der Waals surface area contributed by atoms with Crippen LogP contribution >= 0.6 is 22.9 Å². The Labute approximate surface area is 133 Å². The van der Waals surface area contributed by atoms with E-state index in [1.807, 2.05) is 30.5 Å². The van der Waals surface area contributed by atoms with Crippen molar-refractivity contribution in [3.8, 4) is 6.07 Å². The topological polar surface area (TPSA) is 61.2 Å². The lowest BCUT2D eigenvalue weighted by Gasteiger charge is -2.24. The van der Waals surface area contributed by atoms with Crippen LogP contribution in [0.15, 0.2) is 40.6 Å². The maximum absolute atomic E-state index is 12.7.